The Morgan fingerprint density at radius 1 is 0.348 bits per heavy atom. The fourth-order valence-corrected chi connectivity index (χ4v) is 11.7. The first kappa shape index (κ1) is 41.3. The average molecular weight is 888 g/mol. The number of rotatable bonds is 5. The predicted octanol–water partition coefficient (Wildman–Crippen LogP) is 18.5. The van der Waals surface area contributed by atoms with Gasteiger partial charge in [-0.2, -0.15) is 0 Å². The lowest BCUT2D eigenvalue weighted by Crippen LogP contribution is -2.27. The molecule has 2 heteroatoms. The highest BCUT2D eigenvalue weighted by Crippen LogP contribution is 2.64. The van der Waals surface area contributed by atoms with Crippen molar-refractivity contribution in [3.8, 4) is 44.5 Å². The molecule has 11 aromatic rings. The molecule has 332 valence electrons. The Labute approximate surface area is 405 Å². The molecule has 0 saturated heterocycles. The van der Waals surface area contributed by atoms with E-state index in [0.29, 0.717) is 0 Å². The molecule has 69 heavy (non-hydrogen) atoms. The van der Waals surface area contributed by atoms with E-state index < -0.39 is 5.41 Å². The molecule has 13 rings (SSSR count). The molecule has 2 nitrogen and oxygen atoms in total. The van der Waals surface area contributed by atoms with Crippen LogP contribution in [-0.2, 0) is 16.2 Å². The molecule has 1 aromatic heterocycles. The highest BCUT2D eigenvalue weighted by Gasteiger charge is 2.52. The number of furan rings is 1. The normalized spacial score (nSPS) is 13.5. The molecule has 2 aliphatic carbocycles. The van der Waals surface area contributed by atoms with Gasteiger partial charge in [0.2, 0.25) is 0 Å². The Morgan fingerprint density at radius 3 is 1.58 bits per heavy atom. The monoisotopic (exact) mass is 887 g/mol. The number of hydrogen-bond acceptors (Lipinski definition) is 2. The molecule has 0 unspecified atom stereocenters. The Balaban J connectivity index is 1.08. The Hall–Kier alpha value is -7.94. The van der Waals surface area contributed by atoms with Gasteiger partial charge in [0.25, 0.3) is 0 Å². The van der Waals surface area contributed by atoms with Gasteiger partial charge in [-0.3, -0.25) is 0 Å². The van der Waals surface area contributed by atoms with Crippen molar-refractivity contribution in [1.29, 1.82) is 0 Å². The van der Waals surface area contributed by atoms with Crippen molar-refractivity contribution in [2.45, 2.75) is 57.8 Å². The SMILES string of the molecule is CC(C)(C)c1ccc2c(c1)C1(c3ccccc3-c3ccc(N(c4ccc(-c5ccccc5)cc4)c4ccccc4-c4cccc5c4oc4c6ccccc6ccc54)cc31)c1cc(C(C)(C)C)ccc1-2. The molecule has 10 aromatic carbocycles. The van der Waals surface area contributed by atoms with Crippen LogP contribution < -0.4 is 4.90 Å². The molecule has 1 spiro atoms. The van der Waals surface area contributed by atoms with E-state index in [4.69, 9.17) is 4.42 Å². The summed E-state index contributed by atoms with van der Waals surface area (Å²) in [5.41, 5.74) is 22.2. The Kier molecular flexibility index (Phi) is 8.99. The van der Waals surface area contributed by atoms with Crippen LogP contribution in [-0.4, -0.2) is 0 Å². The van der Waals surface area contributed by atoms with Crippen molar-refractivity contribution in [2.24, 2.45) is 0 Å². The quantitative estimate of drug-likeness (QED) is 0.171. The second kappa shape index (κ2) is 15.0. The van der Waals surface area contributed by atoms with E-state index in [9.17, 15) is 0 Å². The summed E-state index contributed by atoms with van der Waals surface area (Å²) in [6.07, 6.45) is 0. The van der Waals surface area contributed by atoms with Crippen molar-refractivity contribution >= 4 is 49.8 Å². The third-order valence-corrected chi connectivity index (χ3v) is 15.2. The first-order valence-electron chi connectivity index (χ1n) is 24.4. The minimum atomic E-state index is -0.542. The van der Waals surface area contributed by atoms with E-state index >= 15 is 0 Å². The molecule has 0 atom stereocenters. The molecule has 2 aliphatic rings. The van der Waals surface area contributed by atoms with E-state index in [1.54, 1.807) is 0 Å². The smallest absolute Gasteiger partial charge is 0.143 e. The summed E-state index contributed by atoms with van der Waals surface area (Å²) in [6, 6.07) is 79.3. The number of fused-ring (bicyclic) bond motifs is 15. The van der Waals surface area contributed by atoms with Crippen LogP contribution in [0.1, 0.15) is 74.9 Å². The van der Waals surface area contributed by atoms with Crippen molar-refractivity contribution in [2.75, 3.05) is 4.90 Å². The number of nitrogens with zero attached hydrogens (tertiary/aromatic N) is 1. The first-order chi connectivity index (χ1) is 33.5. The molecule has 0 aliphatic heterocycles. The maximum Gasteiger partial charge on any atom is 0.143 e. The van der Waals surface area contributed by atoms with Crippen LogP contribution in [0.5, 0.6) is 0 Å². The van der Waals surface area contributed by atoms with Crippen LogP contribution in [0.4, 0.5) is 17.1 Å². The lowest BCUT2D eigenvalue weighted by atomic mass is 9.68. The van der Waals surface area contributed by atoms with Gasteiger partial charge in [-0.15, -0.1) is 0 Å². The maximum absolute atomic E-state index is 7.04. The second-order valence-electron chi connectivity index (χ2n) is 21.3. The van der Waals surface area contributed by atoms with Gasteiger partial charge in [-0.1, -0.05) is 217 Å². The molecular formula is C67H53NO. The third kappa shape index (κ3) is 6.18. The minimum Gasteiger partial charge on any atom is -0.455 e. The predicted molar refractivity (Wildman–Crippen MR) is 290 cm³/mol. The molecule has 0 saturated carbocycles. The van der Waals surface area contributed by atoms with Gasteiger partial charge in [-0.05, 0) is 119 Å². The maximum atomic E-state index is 7.04. The Morgan fingerprint density at radius 2 is 0.870 bits per heavy atom. The third-order valence-electron chi connectivity index (χ3n) is 15.2. The van der Waals surface area contributed by atoms with E-state index in [0.717, 1.165) is 55.5 Å². The summed E-state index contributed by atoms with van der Waals surface area (Å²) >= 11 is 0. The molecule has 0 N–H and O–H groups in total. The number of anilines is 3. The molecule has 0 radical (unpaired) electrons. The number of para-hydroxylation sites is 2. The van der Waals surface area contributed by atoms with Gasteiger partial charge >= 0.3 is 0 Å². The molecule has 0 bridgehead atoms. The van der Waals surface area contributed by atoms with Crippen LogP contribution in [0.3, 0.4) is 0 Å². The van der Waals surface area contributed by atoms with E-state index in [1.165, 1.54) is 72.1 Å². The van der Waals surface area contributed by atoms with Gasteiger partial charge in [0, 0.05) is 38.7 Å². The fourth-order valence-electron chi connectivity index (χ4n) is 11.7. The van der Waals surface area contributed by atoms with Crippen molar-refractivity contribution in [3.05, 3.63) is 246 Å². The lowest BCUT2D eigenvalue weighted by molar-refractivity contribution is 0.586. The van der Waals surface area contributed by atoms with Crippen LogP contribution in [0, 0.1) is 0 Å². The summed E-state index contributed by atoms with van der Waals surface area (Å²) in [5.74, 6) is 0. The van der Waals surface area contributed by atoms with Gasteiger partial charge in [0.15, 0.2) is 0 Å². The number of benzene rings is 10. The van der Waals surface area contributed by atoms with Crippen LogP contribution in [0.25, 0.3) is 77.2 Å². The average Bonchev–Trinajstić information content (AvgIpc) is 4.00. The zero-order chi connectivity index (χ0) is 46.8. The highest BCUT2D eigenvalue weighted by molar-refractivity contribution is 6.17. The zero-order valence-corrected chi connectivity index (χ0v) is 40.1. The molecule has 1 heterocycles. The minimum absolute atomic E-state index is 0.0351. The first-order valence-corrected chi connectivity index (χ1v) is 24.4. The summed E-state index contributed by atoms with van der Waals surface area (Å²) in [5, 5.41) is 4.53. The van der Waals surface area contributed by atoms with Crippen molar-refractivity contribution < 1.29 is 4.42 Å². The van der Waals surface area contributed by atoms with Gasteiger partial charge < -0.3 is 9.32 Å². The van der Waals surface area contributed by atoms with E-state index in [2.05, 4.69) is 259 Å². The van der Waals surface area contributed by atoms with Crippen molar-refractivity contribution in [1.82, 2.24) is 0 Å². The van der Waals surface area contributed by atoms with Gasteiger partial charge in [-0.25, -0.2) is 0 Å². The second-order valence-corrected chi connectivity index (χ2v) is 21.3. The summed E-state index contributed by atoms with van der Waals surface area (Å²) < 4.78 is 7.04. The standard InChI is InChI=1S/C67H53NO/c1-65(2,3)45-30-36-51-52-37-31-46(66(4,5)6)40-60(52)67(59(51)39-45)58-25-14-12-21-50(58)53-38-34-48(41-61(53)67)68(47-32-27-43(28-33-47)42-17-8-7-9-18-42)62-26-15-13-22-54(62)55-23-16-24-56-57-35-29-44-19-10-11-20-49(44)63(57)69-64(55)56/h7-41H,1-6H3. The van der Waals surface area contributed by atoms with Gasteiger partial charge in [0.1, 0.15) is 11.2 Å². The van der Waals surface area contributed by atoms with Crippen LogP contribution in [0.15, 0.2) is 217 Å². The van der Waals surface area contributed by atoms with Crippen LogP contribution in [0.2, 0.25) is 0 Å². The lowest BCUT2D eigenvalue weighted by Gasteiger charge is -2.34. The van der Waals surface area contributed by atoms with E-state index in [-0.39, 0.29) is 10.8 Å². The summed E-state index contributed by atoms with van der Waals surface area (Å²) in [6.45, 7) is 14.0. The summed E-state index contributed by atoms with van der Waals surface area (Å²) in [4.78, 5) is 2.48. The molecular weight excluding hydrogens is 835 g/mol. The molecule has 0 amide bonds. The number of hydrogen-bond donors (Lipinski definition) is 0. The van der Waals surface area contributed by atoms with Crippen LogP contribution >= 0.6 is 0 Å². The fraction of sp³-hybridized carbons (Fsp3) is 0.134. The summed E-state index contributed by atoms with van der Waals surface area (Å²) in [7, 11) is 0. The topological polar surface area (TPSA) is 16.4 Å². The van der Waals surface area contributed by atoms with Gasteiger partial charge in [0.05, 0.1) is 11.1 Å². The van der Waals surface area contributed by atoms with Crippen molar-refractivity contribution in [3.63, 3.8) is 0 Å². The Bertz CT molecular complexity index is 3790. The highest BCUT2D eigenvalue weighted by atomic mass is 16.3. The van der Waals surface area contributed by atoms with E-state index in [1.807, 2.05) is 0 Å². The molecule has 0 fully saturated rings. The largest absolute Gasteiger partial charge is 0.455 e. The zero-order valence-electron chi connectivity index (χ0n) is 40.1.